The average Bonchev–Trinajstić information content (AvgIpc) is 2.99. The molecule has 4 heteroatoms. The zero-order valence-corrected chi connectivity index (χ0v) is 13.5. The van der Waals surface area contributed by atoms with Gasteiger partial charge >= 0.3 is 0 Å². The summed E-state index contributed by atoms with van der Waals surface area (Å²) >= 11 is 1.88. The zero-order valence-electron chi connectivity index (χ0n) is 12.6. The van der Waals surface area contributed by atoms with E-state index in [1.54, 1.807) is 12.0 Å². The van der Waals surface area contributed by atoms with E-state index >= 15 is 0 Å². The predicted octanol–water partition coefficient (Wildman–Crippen LogP) is 3.33. The summed E-state index contributed by atoms with van der Waals surface area (Å²) in [7, 11) is 1.73. The Morgan fingerprint density at radius 1 is 1.38 bits per heavy atom. The number of nitrogens with zero attached hydrogens (tertiary/aromatic N) is 1. The van der Waals surface area contributed by atoms with Crippen molar-refractivity contribution < 1.29 is 4.74 Å². The van der Waals surface area contributed by atoms with E-state index in [0.717, 1.165) is 30.8 Å². The third-order valence-corrected chi connectivity index (χ3v) is 5.35. The molecule has 1 aromatic carbocycles. The molecule has 1 aromatic heterocycles. The van der Waals surface area contributed by atoms with Gasteiger partial charge in [0.15, 0.2) is 0 Å². The summed E-state index contributed by atoms with van der Waals surface area (Å²) < 4.78 is 5.51. The van der Waals surface area contributed by atoms with Gasteiger partial charge in [-0.1, -0.05) is 6.07 Å². The van der Waals surface area contributed by atoms with E-state index in [1.807, 2.05) is 23.5 Å². The van der Waals surface area contributed by atoms with Crippen LogP contribution in [0.15, 0.2) is 29.6 Å². The van der Waals surface area contributed by atoms with Crippen molar-refractivity contribution in [3.63, 3.8) is 0 Å². The van der Waals surface area contributed by atoms with Crippen LogP contribution in [0, 0.1) is 0 Å². The Kier molecular flexibility index (Phi) is 4.29. The fraction of sp³-hybridized carbons (Fsp3) is 0.412. The molecule has 2 aromatic rings. The summed E-state index contributed by atoms with van der Waals surface area (Å²) in [6, 6.07) is 8.98. The Balaban J connectivity index is 1.84. The molecule has 2 heterocycles. The Labute approximate surface area is 130 Å². The molecule has 0 aliphatic carbocycles. The first-order valence-corrected chi connectivity index (χ1v) is 8.27. The Morgan fingerprint density at radius 3 is 3.00 bits per heavy atom. The zero-order chi connectivity index (χ0) is 14.8. The summed E-state index contributed by atoms with van der Waals surface area (Å²) in [5.74, 6) is 0.954. The lowest BCUT2D eigenvalue weighted by Gasteiger charge is -2.34. The molecule has 1 unspecified atom stereocenters. The Morgan fingerprint density at radius 2 is 2.24 bits per heavy atom. The highest BCUT2D eigenvalue weighted by atomic mass is 32.1. The average molecular weight is 302 g/mol. The monoisotopic (exact) mass is 302 g/mol. The van der Waals surface area contributed by atoms with Crippen LogP contribution >= 0.6 is 11.3 Å². The molecule has 0 amide bonds. The third kappa shape index (κ3) is 2.84. The first kappa shape index (κ1) is 14.6. The number of nitrogens with two attached hydrogens (primary N) is 1. The molecule has 1 aliphatic rings. The summed E-state index contributed by atoms with van der Waals surface area (Å²) in [4.78, 5) is 4.06. The van der Waals surface area contributed by atoms with E-state index in [4.69, 9.17) is 10.5 Å². The quantitative estimate of drug-likeness (QED) is 0.941. The molecule has 0 fully saturated rings. The van der Waals surface area contributed by atoms with Crippen molar-refractivity contribution >= 4 is 11.3 Å². The smallest absolute Gasteiger partial charge is 0.123 e. The number of hydrogen-bond donors (Lipinski definition) is 1. The van der Waals surface area contributed by atoms with Gasteiger partial charge in [-0.2, -0.15) is 0 Å². The van der Waals surface area contributed by atoms with Crippen molar-refractivity contribution in [2.45, 2.75) is 32.5 Å². The molecule has 112 valence electrons. The highest BCUT2D eigenvalue weighted by Gasteiger charge is 2.25. The maximum absolute atomic E-state index is 5.77. The summed E-state index contributed by atoms with van der Waals surface area (Å²) in [6.07, 6.45) is 1.15. The minimum absolute atomic E-state index is 0.464. The lowest BCUT2D eigenvalue weighted by molar-refractivity contribution is 0.189. The maximum atomic E-state index is 5.77. The summed E-state index contributed by atoms with van der Waals surface area (Å²) in [5.41, 5.74) is 9.64. The SMILES string of the molecule is COc1ccc(CN)cc1CN1CCc2sccc2C1C. The van der Waals surface area contributed by atoms with Crippen LogP contribution in [0.4, 0.5) is 0 Å². The Hall–Kier alpha value is -1.36. The van der Waals surface area contributed by atoms with Crippen LogP contribution in [-0.2, 0) is 19.5 Å². The first-order valence-electron chi connectivity index (χ1n) is 7.39. The third-order valence-electron chi connectivity index (χ3n) is 4.36. The number of hydrogen-bond acceptors (Lipinski definition) is 4. The molecule has 3 rings (SSSR count). The van der Waals surface area contributed by atoms with E-state index in [-0.39, 0.29) is 0 Å². The number of thiophene rings is 1. The van der Waals surface area contributed by atoms with E-state index in [0.29, 0.717) is 12.6 Å². The van der Waals surface area contributed by atoms with Crippen molar-refractivity contribution in [1.82, 2.24) is 4.90 Å². The number of benzene rings is 1. The van der Waals surface area contributed by atoms with Crippen LogP contribution < -0.4 is 10.5 Å². The van der Waals surface area contributed by atoms with Gasteiger partial charge in [0.1, 0.15) is 5.75 Å². The van der Waals surface area contributed by atoms with Crippen LogP contribution in [-0.4, -0.2) is 18.6 Å². The van der Waals surface area contributed by atoms with E-state index < -0.39 is 0 Å². The predicted molar refractivity (Wildman–Crippen MR) is 87.7 cm³/mol. The lowest BCUT2D eigenvalue weighted by Crippen LogP contribution is -2.32. The molecule has 0 spiro atoms. The molecule has 0 radical (unpaired) electrons. The summed E-state index contributed by atoms with van der Waals surface area (Å²) in [6.45, 7) is 4.88. The fourth-order valence-electron chi connectivity index (χ4n) is 3.08. The highest BCUT2D eigenvalue weighted by Crippen LogP contribution is 2.34. The molecule has 3 nitrogen and oxygen atoms in total. The van der Waals surface area contributed by atoms with Crippen LogP contribution in [0.3, 0.4) is 0 Å². The van der Waals surface area contributed by atoms with Gasteiger partial charge < -0.3 is 10.5 Å². The Bertz CT molecular complexity index is 623. The standard InChI is InChI=1S/C17H22N2OS/c1-12-15-6-8-21-17(15)5-7-19(12)11-14-9-13(10-18)3-4-16(14)20-2/h3-4,6,8-9,12H,5,7,10-11,18H2,1-2H3. The molecule has 21 heavy (non-hydrogen) atoms. The van der Waals surface area contributed by atoms with Crippen LogP contribution in [0.25, 0.3) is 0 Å². The van der Waals surface area contributed by atoms with E-state index in [1.165, 1.54) is 11.1 Å². The molecule has 2 N–H and O–H groups in total. The fourth-order valence-corrected chi connectivity index (χ4v) is 4.04. The van der Waals surface area contributed by atoms with Crippen molar-refractivity contribution in [1.29, 1.82) is 0 Å². The molecule has 0 saturated heterocycles. The number of methoxy groups -OCH3 is 1. The second-order valence-electron chi connectivity index (χ2n) is 5.55. The van der Waals surface area contributed by atoms with Crippen molar-refractivity contribution in [2.75, 3.05) is 13.7 Å². The molecule has 1 aliphatic heterocycles. The van der Waals surface area contributed by atoms with Crippen molar-refractivity contribution in [3.8, 4) is 5.75 Å². The van der Waals surface area contributed by atoms with Gasteiger partial charge in [-0.25, -0.2) is 0 Å². The van der Waals surface area contributed by atoms with Crippen molar-refractivity contribution in [3.05, 3.63) is 51.2 Å². The van der Waals surface area contributed by atoms with Gasteiger partial charge in [0.25, 0.3) is 0 Å². The first-order chi connectivity index (χ1) is 10.2. The minimum Gasteiger partial charge on any atom is -0.496 e. The number of ether oxygens (including phenoxy) is 1. The van der Waals surface area contributed by atoms with Gasteiger partial charge in [-0.15, -0.1) is 11.3 Å². The normalized spacial score (nSPS) is 18.5. The largest absolute Gasteiger partial charge is 0.496 e. The van der Waals surface area contributed by atoms with Gasteiger partial charge in [-0.05, 0) is 48.1 Å². The van der Waals surface area contributed by atoms with Gasteiger partial charge in [0, 0.05) is 36.1 Å². The van der Waals surface area contributed by atoms with E-state index in [9.17, 15) is 0 Å². The van der Waals surface area contributed by atoms with Crippen LogP contribution in [0.1, 0.15) is 34.5 Å². The molecule has 0 saturated carbocycles. The van der Waals surface area contributed by atoms with Gasteiger partial charge in [-0.3, -0.25) is 4.90 Å². The minimum atomic E-state index is 0.464. The van der Waals surface area contributed by atoms with Crippen LogP contribution in [0.2, 0.25) is 0 Å². The second kappa shape index (κ2) is 6.18. The molecular weight excluding hydrogens is 280 g/mol. The molecular formula is C17H22N2OS. The van der Waals surface area contributed by atoms with Crippen LogP contribution in [0.5, 0.6) is 5.75 Å². The molecule has 1 atom stereocenters. The maximum Gasteiger partial charge on any atom is 0.123 e. The summed E-state index contributed by atoms with van der Waals surface area (Å²) in [5, 5.41) is 2.21. The van der Waals surface area contributed by atoms with E-state index in [2.05, 4.69) is 29.3 Å². The van der Waals surface area contributed by atoms with Crippen molar-refractivity contribution in [2.24, 2.45) is 5.73 Å². The second-order valence-corrected chi connectivity index (χ2v) is 6.55. The number of fused-ring (bicyclic) bond motifs is 1. The molecule has 0 bridgehead atoms. The van der Waals surface area contributed by atoms with Gasteiger partial charge in [0.05, 0.1) is 7.11 Å². The highest BCUT2D eigenvalue weighted by molar-refractivity contribution is 7.10. The lowest BCUT2D eigenvalue weighted by atomic mass is 10.00. The number of rotatable bonds is 4. The topological polar surface area (TPSA) is 38.5 Å². The van der Waals surface area contributed by atoms with Gasteiger partial charge in [0.2, 0.25) is 0 Å².